The number of aryl methyl sites for hydroxylation is 2. The molecule has 124 valence electrons. The molecule has 7 nitrogen and oxygen atoms in total. The summed E-state index contributed by atoms with van der Waals surface area (Å²) in [5.74, 6) is 1.17. The Balaban J connectivity index is 2.00. The molecule has 2 rings (SSSR count). The third-order valence-electron chi connectivity index (χ3n) is 3.73. The number of urea groups is 1. The van der Waals surface area contributed by atoms with Gasteiger partial charge in [0.05, 0.1) is 19.9 Å². The molecule has 0 atom stereocenters. The Morgan fingerprint density at radius 2 is 1.91 bits per heavy atom. The summed E-state index contributed by atoms with van der Waals surface area (Å²) in [6.45, 7) is 4.32. The van der Waals surface area contributed by atoms with E-state index in [-0.39, 0.29) is 6.03 Å². The molecular formula is C16H22N4O3. The first kappa shape index (κ1) is 16.7. The van der Waals surface area contributed by atoms with Gasteiger partial charge in [-0.2, -0.15) is 5.10 Å². The predicted octanol–water partition coefficient (Wildman–Crippen LogP) is 2.38. The summed E-state index contributed by atoms with van der Waals surface area (Å²) >= 11 is 0. The fourth-order valence-electron chi connectivity index (χ4n) is 2.33. The average molecular weight is 318 g/mol. The van der Waals surface area contributed by atoms with Gasteiger partial charge in [0.25, 0.3) is 0 Å². The number of nitrogens with zero attached hydrogens (tertiary/aromatic N) is 2. The Morgan fingerprint density at radius 3 is 2.48 bits per heavy atom. The van der Waals surface area contributed by atoms with Gasteiger partial charge in [-0.15, -0.1) is 0 Å². The molecule has 2 aromatic rings. The lowest BCUT2D eigenvalue weighted by molar-refractivity contribution is 0.251. The average Bonchev–Trinajstić information content (AvgIpc) is 2.78. The van der Waals surface area contributed by atoms with Crippen molar-refractivity contribution in [3.05, 3.63) is 35.2 Å². The van der Waals surface area contributed by atoms with E-state index in [4.69, 9.17) is 9.47 Å². The molecule has 1 aromatic carbocycles. The third-order valence-corrected chi connectivity index (χ3v) is 3.73. The van der Waals surface area contributed by atoms with Gasteiger partial charge in [-0.05, 0) is 26.0 Å². The second-order valence-electron chi connectivity index (χ2n) is 5.15. The van der Waals surface area contributed by atoms with Crippen LogP contribution in [-0.2, 0) is 13.6 Å². The summed E-state index contributed by atoms with van der Waals surface area (Å²) in [5, 5.41) is 9.93. The summed E-state index contributed by atoms with van der Waals surface area (Å²) in [7, 11) is 5.00. The lowest BCUT2D eigenvalue weighted by Gasteiger charge is -2.11. The van der Waals surface area contributed by atoms with Gasteiger partial charge < -0.3 is 20.1 Å². The van der Waals surface area contributed by atoms with Crippen LogP contribution in [0, 0.1) is 13.8 Å². The van der Waals surface area contributed by atoms with Crippen LogP contribution in [-0.4, -0.2) is 30.0 Å². The van der Waals surface area contributed by atoms with Gasteiger partial charge in [-0.1, -0.05) is 0 Å². The fraction of sp³-hybridized carbons (Fsp3) is 0.375. The molecule has 7 heteroatoms. The van der Waals surface area contributed by atoms with Crippen molar-refractivity contribution in [1.82, 2.24) is 15.1 Å². The standard InChI is InChI=1S/C16H22N4O3/c1-10-13(11(2)20(3)19-10)9-17-16(21)18-12-6-7-14(22-4)15(8-12)23-5/h6-8H,9H2,1-5H3,(H2,17,18,21). The first-order valence-electron chi connectivity index (χ1n) is 7.22. The Bertz CT molecular complexity index is 710. The normalized spacial score (nSPS) is 10.3. The van der Waals surface area contributed by atoms with E-state index in [2.05, 4.69) is 15.7 Å². The van der Waals surface area contributed by atoms with Crippen molar-refractivity contribution in [3.63, 3.8) is 0 Å². The minimum absolute atomic E-state index is 0.292. The highest BCUT2D eigenvalue weighted by Crippen LogP contribution is 2.29. The molecule has 1 aromatic heterocycles. The summed E-state index contributed by atoms with van der Waals surface area (Å²) in [5.41, 5.74) is 3.60. The van der Waals surface area contributed by atoms with Gasteiger partial charge in [0, 0.05) is 36.6 Å². The quantitative estimate of drug-likeness (QED) is 0.887. The number of anilines is 1. The largest absolute Gasteiger partial charge is 0.493 e. The molecule has 0 saturated carbocycles. The van der Waals surface area contributed by atoms with Crippen molar-refractivity contribution in [3.8, 4) is 11.5 Å². The number of benzene rings is 1. The minimum atomic E-state index is -0.292. The van der Waals surface area contributed by atoms with Gasteiger partial charge in [-0.25, -0.2) is 4.79 Å². The van der Waals surface area contributed by atoms with Crippen LogP contribution in [0.5, 0.6) is 11.5 Å². The zero-order valence-electron chi connectivity index (χ0n) is 14.1. The number of amides is 2. The Labute approximate surface area is 135 Å². The molecule has 2 N–H and O–H groups in total. The van der Waals surface area contributed by atoms with Crippen LogP contribution < -0.4 is 20.1 Å². The molecule has 0 radical (unpaired) electrons. The fourth-order valence-corrected chi connectivity index (χ4v) is 2.33. The van der Waals surface area contributed by atoms with Crippen molar-refractivity contribution >= 4 is 11.7 Å². The lowest BCUT2D eigenvalue weighted by atomic mass is 10.2. The van der Waals surface area contributed by atoms with Crippen LogP contribution in [0.4, 0.5) is 10.5 Å². The number of carbonyl (C=O) groups excluding carboxylic acids is 1. The number of carbonyl (C=O) groups is 1. The Hall–Kier alpha value is -2.70. The van der Waals surface area contributed by atoms with Crippen molar-refractivity contribution in [2.45, 2.75) is 20.4 Å². The number of nitrogens with one attached hydrogen (secondary N) is 2. The van der Waals surface area contributed by atoms with Crippen LogP contribution in [0.2, 0.25) is 0 Å². The van der Waals surface area contributed by atoms with Crippen molar-refractivity contribution in [2.75, 3.05) is 19.5 Å². The zero-order valence-corrected chi connectivity index (χ0v) is 14.1. The van der Waals surface area contributed by atoms with Crippen molar-refractivity contribution in [1.29, 1.82) is 0 Å². The molecule has 0 aliphatic carbocycles. The topological polar surface area (TPSA) is 77.4 Å². The molecule has 0 spiro atoms. The molecule has 0 aliphatic rings. The first-order valence-corrected chi connectivity index (χ1v) is 7.22. The van der Waals surface area contributed by atoms with Gasteiger partial charge >= 0.3 is 6.03 Å². The van der Waals surface area contributed by atoms with Crippen molar-refractivity contribution in [2.24, 2.45) is 7.05 Å². The third kappa shape index (κ3) is 3.74. The predicted molar refractivity (Wildman–Crippen MR) is 88.1 cm³/mol. The summed E-state index contributed by atoms with van der Waals surface area (Å²) < 4.78 is 12.2. The highest BCUT2D eigenvalue weighted by molar-refractivity contribution is 5.89. The number of aromatic nitrogens is 2. The zero-order chi connectivity index (χ0) is 17.0. The number of hydrogen-bond donors (Lipinski definition) is 2. The smallest absolute Gasteiger partial charge is 0.319 e. The SMILES string of the molecule is COc1ccc(NC(=O)NCc2c(C)nn(C)c2C)cc1OC. The van der Waals surface area contributed by atoms with Crippen LogP contribution in [0.15, 0.2) is 18.2 Å². The van der Waals surface area contributed by atoms with Gasteiger partial charge in [0.15, 0.2) is 11.5 Å². The van der Waals surface area contributed by atoms with E-state index in [0.717, 1.165) is 17.0 Å². The molecule has 0 fully saturated rings. The summed E-state index contributed by atoms with van der Waals surface area (Å²) in [6, 6.07) is 4.91. The van der Waals surface area contributed by atoms with E-state index in [1.54, 1.807) is 37.1 Å². The van der Waals surface area contributed by atoms with Crippen LogP contribution in [0.25, 0.3) is 0 Å². The molecule has 0 bridgehead atoms. The Kier molecular flexibility index (Phi) is 5.10. The molecule has 23 heavy (non-hydrogen) atoms. The van der Waals surface area contributed by atoms with Crippen molar-refractivity contribution < 1.29 is 14.3 Å². The molecule has 0 aliphatic heterocycles. The van der Waals surface area contributed by atoms with Gasteiger partial charge in [0.1, 0.15) is 0 Å². The maximum Gasteiger partial charge on any atom is 0.319 e. The Morgan fingerprint density at radius 1 is 1.22 bits per heavy atom. The lowest BCUT2D eigenvalue weighted by Crippen LogP contribution is -2.28. The van der Waals surface area contributed by atoms with Crippen LogP contribution in [0.3, 0.4) is 0 Å². The maximum atomic E-state index is 12.0. The molecule has 2 amide bonds. The van der Waals surface area contributed by atoms with E-state index in [0.29, 0.717) is 23.7 Å². The van der Waals surface area contributed by atoms with E-state index in [9.17, 15) is 4.79 Å². The maximum absolute atomic E-state index is 12.0. The number of methoxy groups -OCH3 is 2. The number of rotatable bonds is 5. The molecule has 0 unspecified atom stereocenters. The highest BCUT2D eigenvalue weighted by atomic mass is 16.5. The minimum Gasteiger partial charge on any atom is -0.493 e. The molecule has 0 saturated heterocycles. The van der Waals surface area contributed by atoms with E-state index in [1.165, 1.54) is 0 Å². The first-order chi connectivity index (χ1) is 11.0. The van der Waals surface area contributed by atoms with Crippen LogP contribution >= 0.6 is 0 Å². The second kappa shape index (κ2) is 7.04. The monoisotopic (exact) mass is 318 g/mol. The van der Waals surface area contributed by atoms with Gasteiger partial charge in [-0.3, -0.25) is 4.68 Å². The number of ether oxygens (including phenoxy) is 2. The summed E-state index contributed by atoms with van der Waals surface area (Å²) in [4.78, 5) is 12.0. The molecular weight excluding hydrogens is 296 g/mol. The van der Waals surface area contributed by atoms with E-state index < -0.39 is 0 Å². The second-order valence-corrected chi connectivity index (χ2v) is 5.15. The van der Waals surface area contributed by atoms with E-state index >= 15 is 0 Å². The molecule has 1 heterocycles. The van der Waals surface area contributed by atoms with E-state index in [1.807, 2.05) is 20.9 Å². The van der Waals surface area contributed by atoms with Crippen LogP contribution in [0.1, 0.15) is 17.0 Å². The van der Waals surface area contributed by atoms with Gasteiger partial charge in [0.2, 0.25) is 0 Å². The number of hydrogen-bond acceptors (Lipinski definition) is 4. The summed E-state index contributed by atoms with van der Waals surface area (Å²) in [6.07, 6.45) is 0. The highest BCUT2D eigenvalue weighted by Gasteiger charge is 2.11.